The molecule has 2 aromatic carbocycles. The fraction of sp³-hybridized carbons (Fsp3) is 0.357. The molecular weight excluding hydrogens is 492 g/mol. The number of aryl methyl sites for hydroxylation is 2. The van der Waals surface area contributed by atoms with Gasteiger partial charge in [0.1, 0.15) is 5.75 Å². The largest absolute Gasteiger partial charge is 0.497 e. The van der Waals surface area contributed by atoms with Crippen LogP contribution in [0.3, 0.4) is 0 Å². The quantitative estimate of drug-likeness (QED) is 0.256. The van der Waals surface area contributed by atoms with Crippen LogP contribution in [-0.4, -0.2) is 55.8 Å². The van der Waals surface area contributed by atoms with Crippen molar-refractivity contribution >= 4 is 21.8 Å². The normalized spacial score (nSPS) is 11.5. The van der Waals surface area contributed by atoms with Crippen LogP contribution in [-0.2, 0) is 27.7 Å². The number of hydrogen-bond donors (Lipinski definition) is 0. The summed E-state index contributed by atoms with van der Waals surface area (Å²) in [5.74, 6) is -0.265. The molecule has 0 spiro atoms. The summed E-state index contributed by atoms with van der Waals surface area (Å²) >= 11 is 0. The molecule has 1 aromatic heterocycles. The molecule has 0 amide bonds. The van der Waals surface area contributed by atoms with Crippen molar-refractivity contribution in [2.45, 2.75) is 45.6 Å². The standard InChI is InChI=1S/C28H34N2O6S/c1-6-29(7-2)37(33,34)25-10-8-9-23(18-25)28(32)36-19-27(31)26-17-20(3)30(21(26)4)16-15-22-11-13-24(35-5)14-12-22/h8-14,17-18H,6-7,15-16,19H2,1-5H3. The Balaban J connectivity index is 1.66. The zero-order valence-corrected chi connectivity index (χ0v) is 22.8. The number of carbonyl (C=O) groups excluding carboxylic acids is 2. The maximum absolute atomic E-state index is 12.9. The lowest BCUT2D eigenvalue weighted by Gasteiger charge is -2.18. The predicted octanol–water partition coefficient (Wildman–Crippen LogP) is 4.43. The number of carbonyl (C=O) groups is 2. The van der Waals surface area contributed by atoms with Gasteiger partial charge in [0.15, 0.2) is 6.61 Å². The Labute approximate surface area is 218 Å². The third kappa shape index (κ3) is 6.47. The minimum atomic E-state index is -3.72. The fourth-order valence-corrected chi connectivity index (χ4v) is 5.75. The van der Waals surface area contributed by atoms with Gasteiger partial charge in [-0.1, -0.05) is 32.0 Å². The number of methoxy groups -OCH3 is 1. The molecule has 0 N–H and O–H groups in total. The lowest BCUT2D eigenvalue weighted by Crippen LogP contribution is -2.30. The topological polar surface area (TPSA) is 94.9 Å². The minimum absolute atomic E-state index is 0.0115. The van der Waals surface area contributed by atoms with Gasteiger partial charge in [-0.3, -0.25) is 4.79 Å². The number of Topliss-reactive ketones (excluding diaryl/α,β-unsaturated/α-hetero) is 1. The molecule has 8 nitrogen and oxygen atoms in total. The second kappa shape index (κ2) is 12.2. The van der Waals surface area contributed by atoms with Crippen LogP contribution in [0.25, 0.3) is 0 Å². The first-order valence-corrected chi connectivity index (χ1v) is 13.7. The minimum Gasteiger partial charge on any atom is -0.497 e. The number of esters is 1. The molecule has 0 unspecified atom stereocenters. The van der Waals surface area contributed by atoms with Crippen LogP contribution in [0, 0.1) is 13.8 Å². The zero-order valence-electron chi connectivity index (χ0n) is 22.0. The number of rotatable bonds is 12. The van der Waals surface area contributed by atoms with Gasteiger partial charge in [-0.15, -0.1) is 0 Å². The number of ketones is 1. The molecule has 9 heteroatoms. The van der Waals surface area contributed by atoms with Crippen LogP contribution >= 0.6 is 0 Å². The maximum atomic E-state index is 12.9. The summed E-state index contributed by atoms with van der Waals surface area (Å²) < 4.78 is 39.4. The number of aromatic nitrogens is 1. The van der Waals surface area contributed by atoms with E-state index in [0.717, 1.165) is 29.1 Å². The highest BCUT2D eigenvalue weighted by molar-refractivity contribution is 7.89. The van der Waals surface area contributed by atoms with Gasteiger partial charge in [0, 0.05) is 36.6 Å². The Morgan fingerprint density at radius 2 is 1.65 bits per heavy atom. The van der Waals surface area contributed by atoms with Gasteiger partial charge in [0.2, 0.25) is 15.8 Å². The highest BCUT2D eigenvalue weighted by atomic mass is 32.2. The van der Waals surface area contributed by atoms with Gasteiger partial charge >= 0.3 is 5.97 Å². The molecule has 1 heterocycles. The molecule has 0 fully saturated rings. The lowest BCUT2D eigenvalue weighted by atomic mass is 10.1. The molecule has 0 saturated heterocycles. The Hall–Kier alpha value is -3.43. The van der Waals surface area contributed by atoms with E-state index in [1.54, 1.807) is 27.0 Å². The van der Waals surface area contributed by atoms with Crippen LogP contribution in [0.4, 0.5) is 0 Å². The molecule has 0 saturated carbocycles. The number of benzene rings is 2. The van der Waals surface area contributed by atoms with Crippen LogP contribution in [0.1, 0.15) is 51.5 Å². The number of ether oxygens (including phenoxy) is 2. The zero-order chi connectivity index (χ0) is 27.2. The molecule has 0 atom stereocenters. The number of sulfonamides is 1. The van der Waals surface area contributed by atoms with Crippen molar-refractivity contribution in [1.82, 2.24) is 8.87 Å². The van der Waals surface area contributed by atoms with Gasteiger partial charge in [0.05, 0.1) is 17.6 Å². The van der Waals surface area contributed by atoms with Crippen LogP contribution < -0.4 is 4.74 Å². The summed E-state index contributed by atoms with van der Waals surface area (Å²) in [7, 11) is -2.09. The predicted molar refractivity (Wildman–Crippen MR) is 142 cm³/mol. The van der Waals surface area contributed by atoms with Crippen LogP contribution in [0.15, 0.2) is 59.5 Å². The van der Waals surface area contributed by atoms with Gasteiger partial charge in [0.25, 0.3) is 0 Å². The van der Waals surface area contributed by atoms with E-state index in [2.05, 4.69) is 4.57 Å². The SMILES string of the molecule is CCN(CC)S(=O)(=O)c1cccc(C(=O)OCC(=O)c2cc(C)n(CCc3ccc(OC)cc3)c2C)c1. The number of nitrogens with zero attached hydrogens (tertiary/aromatic N) is 2. The Bertz CT molecular complexity index is 1360. The Morgan fingerprint density at radius 1 is 0.973 bits per heavy atom. The summed E-state index contributed by atoms with van der Waals surface area (Å²) in [5.41, 5.74) is 3.47. The van der Waals surface area contributed by atoms with Crippen molar-refractivity contribution in [1.29, 1.82) is 0 Å². The number of hydrogen-bond acceptors (Lipinski definition) is 6. The Morgan fingerprint density at radius 3 is 2.27 bits per heavy atom. The van der Waals surface area contributed by atoms with Gasteiger partial charge in [-0.25, -0.2) is 13.2 Å². The third-order valence-electron chi connectivity index (χ3n) is 6.40. The van der Waals surface area contributed by atoms with Crippen molar-refractivity contribution < 1.29 is 27.5 Å². The molecule has 0 aliphatic heterocycles. The molecule has 198 valence electrons. The summed E-state index contributed by atoms with van der Waals surface area (Å²) in [6, 6.07) is 15.4. The van der Waals surface area contributed by atoms with E-state index in [1.165, 1.54) is 28.6 Å². The third-order valence-corrected chi connectivity index (χ3v) is 8.45. The molecule has 3 aromatic rings. The van der Waals surface area contributed by atoms with Crippen molar-refractivity contribution in [3.63, 3.8) is 0 Å². The first-order chi connectivity index (χ1) is 17.6. The molecular formula is C28H34N2O6S. The van der Waals surface area contributed by atoms with Crippen molar-refractivity contribution in [2.24, 2.45) is 0 Å². The van der Waals surface area contributed by atoms with Crippen LogP contribution in [0.5, 0.6) is 5.75 Å². The molecule has 0 radical (unpaired) electrons. The van der Waals surface area contributed by atoms with Gasteiger partial charge < -0.3 is 14.0 Å². The fourth-order valence-electron chi connectivity index (χ4n) is 4.25. The van der Waals surface area contributed by atoms with Gasteiger partial charge in [-0.05, 0) is 62.2 Å². The van der Waals surface area contributed by atoms with E-state index in [1.807, 2.05) is 38.1 Å². The molecule has 37 heavy (non-hydrogen) atoms. The smallest absolute Gasteiger partial charge is 0.338 e. The van der Waals surface area contributed by atoms with E-state index in [0.29, 0.717) is 25.2 Å². The first kappa shape index (κ1) is 28.1. The average Bonchev–Trinajstić information content (AvgIpc) is 3.19. The van der Waals surface area contributed by atoms with E-state index >= 15 is 0 Å². The molecule has 0 aliphatic carbocycles. The highest BCUT2D eigenvalue weighted by Gasteiger charge is 2.23. The van der Waals surface area contributed by atoms with E-state index in [-0.39, 0.29) is 16.2 Å². The summed E-state index contributed by atoms with van der Waals surface area (Å²) in [6.45, 7) is 8.21. The monoisotopic (exact) mass is 526 g/mol. The van der Waals surface area contributed by atoms with Crippen molar-refractivity contribution in [3.05, 3.63) is 82.7 Å². The van der Waals surface area contributed by atoms with E-state index in [4.69, 9.17) is 9.47 Å². The second-order valence-corrected chi connectivity index (χ2v) is 10.6. The summed E-state index contributed by atoms with van der Waals surface area (Å²) in [5, 5.41) is 0. The molecule has 3 rings (SSSR count). The van der Waals surface area contributed by atoms with E-state index in [9.17, 15) is 18.0 Å². The summed E-state index contributed by atoms with van der Waals surface area (Å²) in [6.07, 6.45) is 0.787. The second-order valence-electron chi connectivity index (χ2n) is 8.65. The molecule has 0 bridgehead atoms. The maximum Gasteiger partial charge on any atom is 0.338 e. The first-order valence-electron chi connectivity index (χ1n) is 12.2. The van der Waals surface area contributed by atoms with Crippen molar-refractivity contribution in [3.8, 4) is 5.75 Å². The van der Waals surface area contributed by atoms with Crippen molar-refractivity contribution in [2.75, 3.05) is 26.8 Å². The van der Waals surface area contributed by atoms with Crippen LogP contribution in [0.2, 0.25) is 0 Å². The Kier molecular flexibility index (Phi) is 9.29. The van der Waals surface area contributed by atoms with Gasteiger partial charge in [-0.2, -0.15) is 4.31 Å². The lowest BCUT2D eigenvalue weighted by molar-refractivity contribution is 0.0474. The van der Waals surface area contributed by atoms with E-state index < -0.39 is 22.6 Å². The summed E-state index contributed by atoms with van der Waals surface area (Å²) in [4.78, 5) is 25.5. The molecule has 0 aliphatic rings. The average molecular weight is 527 g/mol. The highest BCUT2D eigenvalue weighted by Crippen LogP contribution is 2.20.